The molecule has 0 aliphatic rings. The summed E-state index contributed by atoms with van der Waals surface area (Å²) in [7, 11) is 5.19. The lowest BCUT2D eigenvalue weighted by atomic mass is 10.2. The Bertz CT molecular complexity index is 786. The number of aryl methyl sites for hydroxylation is 2. The number of furan rings is 1. The predicted molar refractivity (Wildman–Crippen MR) is 149 cm³/mol. The number of benzene rings is 2. The Morgan fingerprint density at radius 3 is 2.06 bits per heavy atom. The molecule has 0 amide bonds. The number of fused-ring (bicyclic) bond motifs is 1. The molecule has 0 aliphatic heterocycles. The van der Waals surface area contributed by atoms with Crippen LogP contribution in [-0.4, -0.2) is 62.6 Å². The summed E-state index contributed by atoms with van der Waals surface area (Å²) in [5, 5.41) is 19.2. The minimum atomic E-state index is 0.319. The average Bonchev–Trinajstić information content (AvgIpc) is 3.29. The van der Waals surface area contributed by atoms with E-state index in [1.54, 1.807) is 6.26 Å². The second-order valence-electron chi connectivity index (χ2n) is 8.45. The van der Waals surface area contributed by atoms with Crippen molar-refractivity contribution in [1.82, 2.24) is 10.2 Å². The number of nitrogens with one attached hydrogen (secondary N) is 1. The van der Waals surface area contributed by atoms with Gasteiger partial charge in [0.1, 0.15) is 5.58 Å². The van der Waals surface area contributed by atoms with Crippen molar-refractivity contribution in [2.75, 3.05) is 47.4 Å². The molecule has 1 aromatic heterocycles. The van der Waals surface area contributed by atoms with E-state index < -0.39 is 0 Å². The summed E-state index contributed by atoms with van der Waals surface area (Å²) in [6.07, 6.45) is 3.84. The molecule has 0 saturated carbocycles. The minimum absolute atomic E-state index is 0.319. The van der Waals surface area contributed by atoms with Gasteiger partial charge < -0.3 is 24.8 Å². The molecule has 0 fully saturated rings. The van der Waals surface area contributed by atoms with Crippen LogP contribution in [0.4, 0.5) is 0 Å². The van der Waals surface area contributed by atoms with Crippen molar-refractivity contribution in [3.05, 3.63) is 72.0 Å². The molecule has 0 spiro atoms. The van der Waals surface area contributed by atoms with Gasteiger partial charge in [0.2, 0.25) is 0 Å². The summed E-state index contributed by atoms with van der Waals surface area (Å²) >= 11 is 0. The molecule has 0 bridgehead atoms. The van der Waals surface area contributed by atoms with Gasteiger partial charge in [-0.1, -0.05) is 68.3 Å². The third-order valence-corrected chi connectivity index (χ3v) is 4.42. The molecule has 0 aliphatic carbocycles. The molecule has 3 N–H and O–H groups in total. The molecular formula is C29H50N2O3. The Balaban J connectivity index is 0. The highest BCUT2D eigenvalue weighted by Crippen LogP contribution is 2.15. The van der Waals surface area contributed by atoms with Crippen LogP contribution in [0.3, 0.4) is 0 Å². The summed E-state index contributed by atoms with van der Waals surface area (Å²) in [4.78, 5) is 2.39. The van der Waals surface area contributed by atoms with E-state index in [2.05, 4.69) is 63.2 Å². The van der Waals surface area contributed by atoms with E-state index in [1.165, 1.54) is 36.0 Å². The van der Waals surface area contributed by atoms with Crippen LogP contribution in [0.5, 0.6) is 0 Å². The Morgan fingerprint density at radius 1 is 0.971 bits per heavy atom. The maximum Gasteiger partial charge on any atom is 0.133 e. The molecular weight excluding hydrogens is 424 g/mol. The van der Waals surface area contributed by atoms with Gasteiger partial charge in [0, 0.05) is 25.6 Å². The Hall–Kier alpha value is -2.18. The second kappa shape index (κ2) is 24.0. The van der Waals surface area contributed by atoms with Gasteiger partial charge in [-0.15, -0.1) is 0 Å². The zero-order valence-corrected chi connectivity index (χ0v) is 22.8. The van der Waals surface area contributed by atoms with Crippen LogP contribution in [0.15, 0.2) is 65.3 Å². The Kier molecular flexibility index (Phi) is 24.0. The van der Waals surface area contributed by atoms with E-state index in [-0.39, 0.29) is 0 Å². The average molecular weight is 475 g/mol. The molecule has 0 radical (unpaired) electrons. The van der Waals surface area contributed by atoms with Gasteiger partial charge in [0.25, 0.3) is 0 Å². The van der Waals surface area contributed by atoms with Crippen LogP contribution < -0.4 is 5.32 Å². The Labute approximate surface area is 208 Å². The fourth-order valence-corrected chi connectivity index (χ4v) is 2.86. The summed E-state index contributed by atoms with van der Waals surface area (Å²) in [5.41, 5.74) is 3.56. The van der Waals surface area contributed by atoms with Crippen molar-refractivity contribution in [3.8, 4) is 0 Å². The summed E-state index contributed by atoms with van der Waals surface area (Å²) < 4.78 is 5.17. The molecule has 1 heterocycles. The van der Waals surface area contributed by atoms with Gasteiger partial charge in [-0.3, -0.25) is 0 Å². The smallest absolute Gasteiger partial charge is 0.133 e. The summed E-state index contributed by atoms with van der Waals surface area (Å²) in [6.45, 7) is 14.5. The van der Waals surface area contributed by atoms with Gasteiger partial charge in [-0.05, 0) is 78.0 Å². The van der Waals surface area contributed by atoms with Gasteiger partial charge >= 0.3 is 0 Å². The molecule has 0 unspecified atom stereocenters. The standard InChI is InChI=1S/C9H22N2.C9H8O.C7H8.C3H8O.CH4O/c1-9(2)8-11(4)7-5-6-10-3;1-7-2-3-9-8(6-7)4-5-10-9;1-7-5-3-2-4-6-7;1-2-3-4;1-2/h9-10H,5-8H2,1-4H3;2-6H,1H3;2-6H,1H3;4H,2-3H2,1H3;2H,1H3. The number of hydrogen-bond acceptors (Lipinski definition) is 5. The lowest BCUT2D eigenvalue weighted by molar-refractivity contribution is 0.291. The van der Waals surface area contributed by atoms with E-state index in [1.807, 2.05) is 50.4 Å². The quantitative estimate of drug-likeness (QED) is 0.371. The van der Waals surface area contributed by atoms with Crippen molar-refractivity contribution < 1.29 is 14.6 Å². The van der Waals surface area contributed by atoms with Gasteiger partial charge in [0.05, 0.1) is 6.26 Å². The maximum atomic E-state index is 7.88. The van der Waals surface area contributed by atoms with E-state index in [0.29, 0.717) is 6.61 Å². The predicted octanol–water partition coefficient (Wildman–Crippen LogP) is 5.92. The lowest BCUT2D eigenvalue weighted by Gasteiger charge is -2.18. The van der Waals surface area contributed by atoms with Crippen LogP contribution >= 0.6 is 0 Å². The molecule has 5 heteroatoms. The highest BCUT2D eigenvalue weighted by Gasteiger charge is 1.99. The molecule has 34 heavy (non-hydrogen) atoms. The largest absolute Gasteiger partial charge is 0.464 e. The minimum Gasteiger partial charge on any atom is -0.464 e. The fourth-order valence-electron chi connectivity index (χ4n) is 2.86. The highest BCUT2D eigenvalue weighted by atomic mass is 16.3. The van der Waals surface area contributed by atoms with Crippen LogP contribution in [0.25, 0.3) is 11.0 Å². The first-order valence-corrected chi connectivity index (χ1v) is 12.2. The number of aliphatic hydroxyl groups excluding tert-OH is 2. The zero-order valence-electron chi connectivity index (χ0n) is 22.8. The summed E-state index contributed by atoms with van der Waals surface area (Å²) in [5.74, 6) is 0.787. The van der Waals surface area contributed by atoms with Gasteiger partial charge in [-0.2, -0.15) is 0 Å². The first kappa shape index (κ1) is 34.0. The first-order valence-electron chi connectivity index (χ1n) is 12.2. The number of rotatable bonds is 7. The third-order valence-electron chi connectivity index (χ3n) is 4.42. The molecule has 5 nitrogen and oxygen atoms in total. The highest BCUT2D eigenvalue weighted by molar-refractivity contribution is 5.77. The third kappa shape index (κ3) is 20.4. The van der Waals surface area contributed by atoms with E-state index in [9.17, 15) is 0 Å². The lowest BCUT2D eigenvalue weighted by Crippen LogP contribution is -2.26. The van der Waals surface area contributed by atoms with Crippen molar-refractivity contribution >= 4 is 11.0 Å². The fraction of sp³-hybridized carbons (Fsp3) is 0.517. The topological polar surface area (TPSA) is 68.9 Å². The number of nitrogens with zero attached hydrogens (tertiary/aromatic N) is 1. The van der Waals surface area contributed by atoms with Gasteiger partial charge in [0.15, 0.2) is 0 Å². The van der Waals surface area contributed by atoms with Crippen LogP contribution in [-0.2, 0) is 0 Å². The van der Waals surface area contributed by atoms with Crippen molar-refractivity contribution in [2.24, 2.45) is 5.92 Å². The molecule has 3 rings (SSSR count). The molecule has 194 valence electrons. The van der Waals surface area contributed by atoms with Crippen LogP contribution in [0.1, 0.15) is 44.7 Å². The normalized spacial score (nSPS) is 9.65. The van der Waals surface area contributed by atoms with Crippen LogP contribution in [0.2, 0.25) is 0 Å². The van der Waals surface area contributed by atoms with Crippen LogP contribution in [0, 0.1) is 19.8 Å². The van der Waals surface area contributed by atoms with Crippen molar-refractivity contribution in [1.29, 1.82) is 0 Å². The first-order chi connectivity index (χ1) is 16.3. The van der Waals surface area contributed by atoms with E-state index in [0.717, 1.165) is 31.6 Å². The van der Waals surface area contributed by atoms with E-state index in [4.69, 9.17) is 14.6 Å². The molecule has 3 aromatic rings. The Morgan fingerprint density at radius 2 is 1.59 bits per heavy atom. The number of hydrogen-bond donors (Lipinski definition) is 3. The second-order valence-corrected chi connectivity index (χ2v) is 8.45. The molecule has 0 saturated heterocycles. The van der Waals surface area contributed by atoms with E-state index >= 15 is 0 Å². The van der Waals surface area contributed by atoms with Gasteiger partial charge in [-0.25, -0.2) is 0 Å². The number of aliphatic hydroxyl groups is 2. The van der Waals surface area contributed by atoms with Crippen molar-refractivity contribution in [2.45, 2.75) is 47.5 Å². The monoisotopic (exact) mass is 474 g/mol. The molecule has 2 aromatic carbocycles. The zero-order chi connectivity index (χ0) is 26.2. The molecule has 0 atom stereocenters. The van der Waals surface area contributed by atoms with Crippen molar-refractivity contribution in [3.63, 3.8) is 0 Å². The SMILES string of the molecule is CCCO.CNCCCN(C)CC(C)C.CO.Cc1ccc2occc2c1.Cc1ccccc1. The maximum absolute atomic E-state index is 7.88. The summed E-state index contributed by atoms with van der Waals surface area (Å²) in [6, 6.07) is 18.4.